The average Bonchev–Trinajstić information content (AvgIpc) is 3.25. The molecular formula is C17H19N3O3. The van der Waals surface area contributed by atoms with E-state index in [1.807, 2.05) is 0 Å². The smallest absolute Gasteiger partial charge is 0.259 e. The minimum Gasteiger partial charge on any atom is -0.436 e. The lowest BCUT2D eigenvalue weighted by Gasteiger charge is -2.21. The molecule has 3 atom stereocenters. The van der Waals surface area contributed by atoms with E-state index in [9.17, 15) is 4.79 Å². The maximum absolute atomic E-state index is 12.3. The average molecular weight is 313 g/mol. The third-order valence-electron chi connectivity index (χ3n) is 4.56. The van der Waals surface area contributed by atoms with Crippen molar-refractivity contribution in [2.45, 2.75) is 44.3 Å². The Hall–Kier alpha value is -2.34. The lowest BCUT2D eigenvalue weighted by atomic mass is 9.95. The van der Waals surface area contributed by atoms with E-state index in [1.54, 1.807) is 37.3 Å². The van der Waals surface area contributed by atoms with Gasteiger partial charge in [-0.2, -0.15) is 0 Å². The number of hydrogen-bond donors (Lipinski definition) is 2. The summed E-state index contributed by atoms with van der Waals surface area (Å²) in [5.74, 6) is 1.69. The number of nitrogens with one attached hydrogen (secondary N) is 2. The van der Waals surface area contributed by atoms with Crippen LogP contribution in [-0.2, 0) is 0 Å². The maximum Gasteiger partial charge on any atom is 0.259 e. The predicted octanol–water partition coefficient (Wildman–Crippen LogP) is 2.40. The molecular weight excluding hydrogens is 294 g/mol. The Kier molecular flexibility index (Phi) is 3.53. The Labute approximate surface area is 134 Å². The van der Waals surface area contributed by atoms with Crippen LogP contribution in [0.3, 0.4) is 0 Å². The van der Waals surface area contributed by atoms with Crippen LogP contribution in [0.15, 0.2) is 34.9 Å². The number of aromatic nitrogens is 1. The molecule has 1 aromatic heterocycles. The molecule has 0 saturated carbocycles. The Morgan fingerprint density at radius 1 is 1.35 bits per heavy atom. The van der Waals surface area contributed by atoms with Gasteiger partial charge in [-0.1, -0.05) is 0 Å². The molecule has 0 radical (unpaired) electrons. The van der Waals surface area contributed by atoms with Gasteiger partial charge in [0.2, 0.25) is 0 Å². The quantitative estimate of drug-likeness (QED) is 0.906. The van der Waals surface area contributed by atoms with E-state index in [0.717, 1.165) is 12.8 Å². The third kappa shape index (κ3) is 2.94. The van der Waals surface area contributed by atoms with E-state index in [1.165, 1.54) is 6.42 Å². The molecule has 2 aliphatic rings. The second kappa shape index (κ2) is 5.70. The summed E-state index contributed by atoms with van der Waals surface area (Å²) in [6.07, 6.45) is 3.41. The van der Waals surface area contributed by atoms with Crippen LogP contribution >= 0.6 is 0 Å². The van der Waals surface area contributed by atoms with Gasteiger partial charge in [-0.05, 0) is 55.6 Å². The largest absolute Gasteiger partial charge is 0.436 e. The highest BCUT2D eigenvalue weighted by atomic mass is 16.5. The molecule has 1 amide bonds. The van der Waals surface area contributed by atoms with Crippen molar-refractivity contribution >= 4 is 5.91 Å². The Morgan fingerprint density at radius 2 is 2.17 bits per heavy atom. The first-order valence-corrected chi connectivity index (χ1v) is 7.95. The highest BCUT2D eigenvalue weighted by Crippen LogP contribution is 2.28. The van der Waals surface area contributed by atoms with Crippen molar-refractivity contribution < 1.29 is 14.1 Å². The van der Waals surface area contributed by atoms with E-state index < -0.39 is 0 Å². The molecule has 2 N–H and O–H groups in total. The fourth-order valence-corrected chi connectivity index (χ4v) is 3.42. The fourth-order valence-electron chi connectivity index (χ4n) is 3.42. The summed E-state index contributed by atoms with van der Waals surface area (Å²) in [4.78, 5) is 12.3. The number of fused-ring (bicyclic) bond motifs is 2. The van der Waals surface area contributed by atoms with Gasteiger partial charge >= 0.3 is 0 Å². The lowest BCUT2D eigenvalue weighted by molar-refractivity contribution is 0.0931. The van der Waals surface area contributed by atoms with Gasteiger partial charge in [0.15, 0.2) is 0 Å². The van der Waals surface area contributed by atoms with Crippen LogP contribution in [0.4, 0.5) is 0 Å². The molecule has 2 bridgehead atoms. The van der Waals surface area contributed by atoms with Crippen molar-refractivity contribution in [2.24, 2.45) is 0 Å². The van der Waals surface area contributed by atoms with Gasteiger partial charge < -0.3 is 19.9 Å². The topological polar surface area (TPSA) is 76.4 Å². The monoisotopic (exact) mass is 313 g/mol. The second-order valence-corrected chi connectivity index (χ2v) is 6.27. The highest BCUT2D eigenvalue weighted by molar-refractivity contribution is 5.94. The van der Waals surface area contributed by atoms with Crippen molar-refractivity contribution in [3.8, 4) is 11.6 Å². The number of carbonyl (C=O) groups is 1. The molecule has 6 nitrogen and oxygen atoms in total. The first-order valence-electron chi connectivity index (χ1n) is 7.95. The zero-order valence-corrected chi connectivity index (χ0v) is 12.9. The summed E-state index contributed by atoms with van der Waals surface area (Å²) >= 11 is 0. The van der Waals surface area contributed by atoms with Gasteiger partial charge in [-0.15, -0.1) is 0 Å². The first-order chi connectivity index (χ1) is 11.2. The molecule has 2 aliphatic heterocycles. The van der Waals surface area contributed by atoms with Crippen molar-refractivity contribution in [1.29, 1.82) is 0 Å². The number of hydrogen-bond acceptors (Lipinski definition) is 5. The molecule has 2 fully saturated rings. The van der Waals surface area contributed by atoms with Gasteiger partial charge in [-0.3, -0.25) is 4.79 Å². The van der Waals surface area contributed by atoms with Gasteiger partial charge in [0, 0.05) is 29.8 Å². The van der Waals surface area contributed by atoms with E-state index in [4.69, 9.17) is 9.26 Å². The van der Waals surface area contributed by atoms with Gasteiger partial charge in [0.25, 0.3) is 11.8 Å². The van der Waals surface area contributed by atoms with Crippen LogP contribution in [0.25, 0.3) is 0 Å². The Balaban J connectivity index is 1.38. The zero-order chi connectivity index (χ0) is 15.8. The van der Waals surface area contributed by atoms with Crippen LogP contribution in [0, 0.1) is 6.92 Å². The lowest BCUT2D eigenvalue weighted by Crippen LogP contribution is -2.42. The standard InChI is InChI=1S/C17H19N3O3/c1-10-8-16(20-23-10)22-13-5-2-11(3-6-13)17(21)19-15-9-12-4-7-14(15)18-12/h2-3,5-6,8,12,14-15,18H,4,7,9H2,1H3,(H,19,21)/t12-,14+,15-/m1/s1. The van der Waals surface area contributed by atoms with Crippen LogP contribution in [-0.4, -0.2) is 29.2 Å². The van der Waals surface area contributed by atoms with Gasteiger partial charge in [-0.25, -0.2) is 0 Å². The van der Waals surface area contributed by atoms with Gasteiger partial charge in [0.05, 0.1) is 0 Å². The number of amides is 1. The number of benzene rings is 1. The van der Waals surface area contributed by atoms with Crippen LogP contribution in [0.5, 0.6) is 11.6 Å². The normalized spacial score (nSPS) is 25.5. The van der Waals surface area contributed by atoms with E-state index in [2.05, 4.69) is 15.8 Å². The highest BCUT2D eigenvalue weighted by Gasteiger charge is 2.39. The number of ether oxygens (including phenoxy) is 1. The molecule has 4 rings (SSSR count). The number of aryl methyl sites for hydroxylation is 1. The molecule has 1 aromatic carbocycles. The van der Waals surface area contributed by atoms with Gasteiger partial charge in [0.1, 0.15) is 11.5 Å². The Bertz CT molecular complexity index is 710. The first kappa shape index (κ1) is 14.3. The van der Waals surface area contributed by atoms with Crippen LogP contribution in [0.2, 0.25) is 0 Å². The van der Waals surface area contributed by atoms with Crippen LogP contribution in [0.1, 0.15) is 35.4 Å². The second-order valence-electron chi connectivity index (χ2n) is 6.27. The SMILES string of the molecule is Cc1cc(Oc2ccc(C(=O)N[C@@H]3C[C@H]4CC[C@@H]3N4)cc2)no1. The van der Waals surface area contributed by atoms with Crippen molar-refractivity contribution in [3.63, 3.8) is 0 Å². The summed E-state index contributed by atoms with van der Waals surface area (Å²) in [6, 6.07) is 10.0. The molecule has 0 spiro atoms. The summed E-state index contributed by atoms with van der Waals surface area (Å²) in [7, 11) is 0. The molecule has 0 unspecified atom stereocenters. The van der Waals surface area contributed by atoms with E-state index in [0.29, 0.717) is 35.0 Å². The Morgan fingerprint density at radius 3 is 2.78 bits per heavy atom. The van der Waals surface area contributed by atoms with Crippen molar-refractivity contribution in [2.75, 3.05) is 0 Å². The molecule has 2 saturated heterocycles. The zero-order valence-electron chi connectivity index (χ0n) is 12.9. The third-order valence-corrected chi connectivity index (χ3v) is 4.56. The predicted molar refractivity (Wildman–Crippen MR) is 83.6 cm³/mol. The van der Waals surface area contributed by atoms with E-state index in [-0.39, 0.29) is 11.9 Å². The number of carbonyl (C=O) groups excluding carboxylic acids is 1. The number of rotatable bonds is 4. The molecule has 2 aromatic rings. The van der Waals surface area contributed by atoms with E-state index >= 15 is 0 Å². The summed E-state index contributed by atoms with van der Waals surface area (Å²) < 4.78 is 10.5. The molecule has 3 heterocycles. The van der Waals surface area contributed by atoms with Crippen LogP contribution < -0.4 is 15.4 Å². The minimum atomic E-state index is -0.0341. The summed E-state index contributed by atoms with van der Waals surface area (Å²) in [6.45, 7) is 1.80. The molecule has 0 aliphatic carbocycles. The molecule has 120 valence electrons. The van der Waals surface area contributed by atoms with Crippen molar-refractivity contribution in [3.05, 3.63) is 41.7 Å². The fraction of sp³-hybridized carbons (Fsp3) is 0.412. The molecule has 23 heavy (non-hydrogen) atoms. The summed E-state index contributed by atoms with van der Waals surface area (Å²) in [5.41, 5.74) is 0.636. The summed E-state index contributed by atoms with van der Waals surface area (Å²) in [5, 5.41) is 10.4. The minimum absolute atomic E-state index is 0.0341. The number of nitrogens with zero attached hydrogens (tertiary/aromatic N) is 1. The molecule has 6 heteroatoms. The maximum atomic E-state index is 12.3. The van der Waals surface area contributed by atoms with Crippen molar-refractivity contribution in [1.82, 2.24) is 15.8 Å².